The number of carbonyl (C=O) groups excluding carboxylic acids is 2. The predicted molar refractivity (Wildman–Crippen MR) is 122 cm³/mol. The number of thiocarbonyl (C=S) groups is 1. The van der Waals surface area contributed by atoms with Crippen LogP contribution in [0.3, 0.4) is 0 Å². The van der Waals surface area contributed by atoms with Crippen LogP contribution in [0.5, 0.6) is 5.75 Å². The van der Waals surface area contributed by atoms with Crippen LogP contribution >= 0.6 is 12.2 Å². The van der Waals surface area contributed by atoms with Crippen molar-refractivity contribution in [2.45, 2.75) is 26.2 Å². The Balaban J connectivity index is 1.59. The Morgan fingerprint density at radius 3 is 2.43 bits per heavy atom. The van der Waals surface area contributed by atoms with Gasteiger partial charge in [-0.05, 0) is 60.8 Å². The van der Waals surface area contributed by atoms with E-state index in [-0.39, 0.29) is 23.3 Å². The summed E-state index contributed by atoms with van der Waals surface area (Å²) in [6, 6.07) is 14.5. The third-order valence-corrected chi connectivity index (χ3v) is 5.46. The minimum Gasteiger partial charge on any atom is -0.497 e. The highest BCUT2D eigenvalue weighted by molar-refractivity contribution is 7.80. The van der Waals surface area contributed by atoms with Crippen molar-refractivity contribution >= 4 is 34.8 Å². The Kier molecular flexibility index (Phi) is 7.41. The maximum absolute atomic E-state index is 13.0. The number of piperidine rings is 1. The van der Waals surface area contributed by atoms with Gasteiger partial charge >= 0.3 is 0 Å². The van der Waals surface area contributed by atoms with Crippen molar-refractivity contribution in [1.82, 2.24) is 10.2 Å². The molecule has 0 atom stereocenters. The van der Waals surface area contributed by atoms with Crippen LogP contribution in [0.4, 0.5) is 5.69 Å². The first-order valence-electron chi connectivity index (χ1n) is 10.1. The molecular formula is C23H27N3O3S. The number of carbonyl (C=O) groups is 2. The third-order valence-electron chi connectivity index (χ3n) is 5.25. The fourth-order valence-corrected chi connectivity index (χ4v) is 3.64. The van der Waals surface area contributed by atoms with Crippen molar-refractivity contribution in [1.29, 1.82) is 0 Å². The number of likely N-dealkylation sites (tertiary alicyclic amines) is 1. The molecule has 30 heavy (non-hydrogen) atoms. The van der Waals surface area contributed by atoms with E-state index in [0.717, 1.165) is 37.2 Å². The van der Waals surface area contributed by atoms with Gasteiger partial charge in [0.05, 0.1) is 24.8 Å². The van der Waals surface area contributed by atoms with Gasteiger partial charge in [0, 0.05) is 13.1 Å². The lowest BCUT2D eigenvalue weighted by molar-refractivity contribution is -0.119. The molecule has 0 aromatic heterocycles. The number of amides is 2. The zero-order valence-electron chi connectivity index (χ0n) is 17.3. The van der Waals surface area contributed by atoms with Crippen molar-refractivity contribution in [3.8, 4) is 5.75 Å². The first-order chi connectivity index (χ1) is 14.5. The number of rotatable bonds is 5. The number of hydrogen-bond acceptors (Lipinski definition) is 4. The largest absolute Gasteiger partial charge is 0.497 e. The lowest BCUT2D eigenvalue weighted by Gasteiger charge is -2.30. The molecule has 3 rings (SSSR count). The molecule has 2 aromatic rings. The standard InChI is InChI=1S/C23H27N3O3S/c1-16-11-13-26(14-12-16)22(28)19-5-3-4-6-20(19)24-23(30)25-21(27)15-17-7-9-18(29-2)10-8-17/h3-10,16H,11-15H2,1-2H3,(H2,24,25,27,30). The maximum Gasteiger partial charge on any atom is 0.255 e. The van der Waals surface area contributed by atoms with Gasteiger partial charge in [0.25, 0.3) is 5.91 Å². The molecule has 0 bridgehead atoms. The highest BCUT2D eigenvalue weighted by Gasteiger charge is 2.23. The molecule has 2 amide bonds. The Morgan fingerprint density at radius 2 is 1.77 bits per heavy atom. The van der Waals surface area contributed by atoms with Crippen LogP contribution in [0, 0.1) is 5.92 Å². The summed E-state index contributed by atoms with van der Waals surface area (Å²) < 4.78 is 5.12. The molecule has 0 saturated carbocycles. The summed E-state index contributed by atoms with van der Waals surface area (Å²) >= 11 is 5.30. The minimum atomic E-state index is -0.230. The van der Waals surface area contributed by atoms with E-state index in [2.05, 4.69) is 17.6 Å². The quantitative estimate of drug-likeness (QED) is 0.716. The summed E-state index contributed by atoms with van der Waals surface area (Å²) in [5.41, 5.74) is 2.00. The second-order valence-corrected chi connectivity index (χ2v) is 7.96. The molecule has 2 N–H and O–H groups in total. The maximum atomic E-state index is 13.0. The van der Waals surface area contributed by atoms with Crippen LogP contribution in [0.1, 0.15) is 35.7 Å². The van der Waals surface area contributed by atoms with Crippen LogP contribution in [0.2, 0.25) is 0 Å². The third kappa shape index (κ3) is 5.79. The van der Waals surface area contributed by atoms with Crippen molar-refractivity contribution < 1.29 is 14.3 Å². The van der Waals surface area contributed by atoms with E-state index in [1.54, 1.807) is 19.2 Å². The molecule has 6 nitrogen and oxygen atoms in total. The number of anilines is 1. The van der Waals surface area contributed by atoms with Gasteiger partial charge in [-0.1, -0.05) is 31.2 Å². The Hall–Kier alpha value is -2.93. The molecule has 1 aliphatic heterocycles. The zero-order valence-corrected chi connectivity index (χ0v) is 18.1. The molecule has 1 fully saturated rings. The molecule has 0 spiro atoms. The van der Waals surface area contributed by atoms with Gasteiger partial charge in [0.1, 0.15) is 5.75 Å². The SMILES string of the molecule is COc1ccc(CC(=O)NC(=S)Nc2ccccc2C(=O)N2CCC(C)CC2)cc1. The first-order valence-corrected chi connectivity index (χ1v) is 10.5. The summed E-state index contributed by atoms with van der Waals surface area (Å²) in [5.74, 6) is 1.14. The topological polar surface area (TPSA) is 70.7 Å². The Morgan fingerprint density at radius 1 is 1.10 bits per heavy atom. The molecule has 1 saturated heterocycles. The number of benzene rings is 2. The smallest absolute Gasteiger partial charge is 0.255 e. The summed E-state index contributed by atoms with van der Waals surface area (Å²) in [5, 5.41) is 5.86. The lowest BCUT2D eigenvalue weighted by atomic mass is 9.98. The van der Waals surface area contributed by atoms with E-state index in [0.29, 0.717) is 17.2 Å². The van der Waals surface area contributed by atoms with E-state index in [4.69, 9.17) is 17.0 Å². The van der Waals surface area contributed by atoms with Crippen LogP contribution < -0.4 is 15.4 Å². The monoisotopic (exact) mass is 425 g/mol. The fraction of sp³-hybridized carbons (Fsp3) is 0.348. The molecule has 158 valence electrons. The second kappa shape index (κ2) is 10.2. The second-order valence-electron chi connectivity index (χ2n) is 7.55. The molecular weight excluding hydrogens is 398 g/mol. The van der Waals surface area contributed by atoms with Crippen molar-refractivity contribution in [3.63, 3.8) is 0 Å². The Bertz CT molecular complexity index is 906. The molecule has 0 radical (unpaired) electrons. The van der Waals surface area contributed by atoms with E-state index >= 15 is 0 Å². The molecule has 1 aliphatic rings. The number of nitrogens with zero attached hydrogens (tertiary/aromatic N) is 1. The molecule has 1 heterocycles. The van der Waals surface area contributed by atoms with Crippen LogP contribution in [0.25, 0.3) is 0 Å². The van der Waals surface area contributed by atoms with E-state index in [9.17, 15) is 9.59 Å². The van der Waals surface area contributed by atoms with E-state index < -0.39 is 0 Å². The number of ether oxygens (including phenoxy) is 1. The van der Waals surface area contributed by atoms with Gasteiger partial charge < -0.3 is 20.3 Å². The Labute approximate surface area is 182 Å². The van der Waals surface area contributed by atoms with Gasteiger partial charge in [0.2, 0.25) is 5.91 Å². The summed E-state index contributed by atoms with van der Waals surface area (Å²) in [7, 11) is 1.60. The lowest BCUT2D eigenvalue weighted by Crippen LogP contribution is -2.39. The van der Waals surface area contributed by atoms with Gasteiger partial charge in [0.15, 0.2) is 5.11 Å². The summed E-state index contributed by atoms with van der Waals surface area (Å²) in [6.07, 6.45) is 2.22. The highest BCUT2D eigenvalue weighted by Crippen LogP contribution is 2.22. The fourth-order valence-electron chi connectivity index (χ4n) is 3.41. The molecule has 2 aromatic carbocycles. The van der Waals surface area contributed by atoms with Crippen LogP contribution in [-0.2, 0) is 11.2 Å². The number of para-hydroxylation sites is 1. The van der Waals surface area contributed by atoms with E-state index in [1.165, 1.54) is 0 Å². The number of hydrogen-bond donors (Lipinski definition) is 2. The van der Waals surface area contributed by atoms with Crippen molar-refractivity contribution in [3.05, 3.63) is 59.7 Å². The normalized spacial score (nSPS) is 14.1. The van der Waals surface area contributed by atoms with Crippen LogP contribution in [0.15, 0.2) is 48.5 Å². The molecule has 7 heteroatoms. The predicted octanol–water partition coefficient (Wildman–Crippen LogP) is 3.62. The van der Waals surface area contributed by atoms with Gasteiger partial charge in [-0.2, -0.15) is 0 Å². The average molecular weight is 426 g/mol. The van der Waals surface area contributed by atoms with Gasteiger partial charge in [-0.15, -0.1) is 0 Å². The van der Waals surface area contributed by atoms with E-state index in [1.807, 2.05) is 41.3 Å². The number of methoxy groups -OCH3 is 1. The number of nitrogens with one attached hydrogen (secondary N) is 2. The van der Waals surface area contributed by atoms with Crippen molar-refractivity contribution in [2.24, 2.45) is 5.92 Å². The minimum absolute atomic E-state index is 0.0163. The molecule has 0 aliphatic carbocycles. The average Bonchev–Trinajstić information content (AvgIpc) is 2.74. The first kappa shape index (κ1) is 21.8. The van der Waals surface area contributed by atoms with Crippen molar-refractivity contribution in [2.75, 3.05) is 25.5 Å². The highest BCUT2D eigenvalue weighted by atomic mass is 32.1. The zero-order chi connectivity index (χ0) is 21.5. The molecule has 0 unspecified atom stereocenters. The van der Waals surface area contributed by atoms with Crippen LogP contribution in [-0.4, -0.2) is 42.0 Å². The van der Waals surface area contributed by atoms with Gasteiger partial charge in [-0.25, -0.2) is 0 Å². The summed E-state index contributed by atoms with van der Waals surface area (Å²) in [4.78, 5) is 27.2. The van der Waals surface area contributed by atoms with Gasteiger partial charge in [-0.3, -0.25) is 9.59 Å². The summed E-state index contributed by atoms with van der Waals surface area (Å²) in [6.45, 7) is 3.74.